The van der Waals surface area contributed by atoms with Gasteiger partial charge in [0, 0.05) is 17.8 Å². The van der Waals surface area contributed by atoms with Crippen LogP contribution in [0.1, 0.15) is 34.3 Å². The van der Waals surface area contributed by atoms with E-state index < -0.39 is 5.41 Å². The van der Waals surface area contributed by atoms with Crippen molar-refractivity contribution >= 4 is 17.5 Å². The Balaban J connectivity index is 1.34. The van der Waals surface area contributed by atoms with Gasteiger partial charge in [0.15, 0.2) is 0 Å². The van der Waals surface area contributed by atoms with Crippen LogP contribution in [0, 0.1) is 0 Å². The van der Waals surface area contributed by atoms with Crippen molar-refractivity contribution in [1.82, 2.24) is 5.32 Å². The molecule has 2 N–H and O–H groups in total. The molecule has 1 aliphatic rings. The van der Waals surface area contributed by atoms with Crippen molar-refractivity contribution in [1.29, 1.82) is 0 Å². The predicted octanol–water partition coefficient (Wildman–Crippen LogP) is 4.34. The normalized spacial score (nSPS) is 13.8. The average molecular weight is 415 g/mol. The number of amides is 2. The van der Waals surface area contributed by atoms with Crippen molar-refractivity contribution < 1.29 is 14.3 Å². The van der Waals surface area contributed by atoms with Gasteiger partial charge in [0.05, 0.1) is 12.5 Å². The van der Waals surface area contributed by atoms with Crippen LogP contribution in [0.3, 0.4) is 0 Å². The Morgan fingerprint density at radius 2 is 1.58 bits per heavy atom. The van der Waals surface area contributed by atoms with Gasteiger partial charge in [-0.1, -0.05) is 42.5 Å². The highest BCUT2D eigenvalue weighted by Gasteiger charge is 2.50. The highest BCUT2D eigenvalue weighted by molar-refractivity contribution is 6.04. The van der Waals surface area contributed by atoms with Gasteiger partial charge < -0.3 is 15.4 Å². The Bertz CT molecular complexity index is 1040. The van der Waals surface area contributed by atoms with Gasteiger partial charge in [-0.3, -0.25) is 9.59 Å². The van der Waals surface area contributed by atoms with Crippen LogP contribution in [0.5, 0.6) is 5.75 Å². The van der Waals surface area contributed by atoms with E-state index in [0.29, 0.717) is 23.5 Å². The van der Waals surface area contributed by atoms with Crippen molar-refractivity contribution in [3.8, 4) is 5.75 Å². The minimum absolute atomic E-state index is 0.0819. The molecule has 0 heterocycles. The second kappa shape index (κ2) is 9.04. The number of hydrogen-bond donors (Lipinski definition) is 2. The summed E-state index contributed by atoms with van der Waals surface area (Å²) >= 11 is 0. The van der Waals surface area contributed by atoms with Crippen LogP contribution in [-0.4, -0.2) is 25.5 Å². The van der Waals surface area contributed by atoms with E-state index in [9.17, 15) is 9.59 Å². The van der Waals surface area contributed by atoms with Gasteiger partial charge in [-0.05, 0) is 66.8 Å². The second-order valence-corrected chi connectivity index (χ2v) is 7.83. The molecule has 31 heavy (non-hydrogen) atoms. The van der Waals surface area contributed by atoms with Crippen LogP contribution < -0.4 is 15.4 Å². The molecule has 4 rings (SSSR count). The molecule has 3 aromatic rings. The zero-order valence-electron chi connectivity index (χ0n) is 17.6. The monoisotopic (exact) mass is 414 g/mol. The van der Waals surface area contributed by atoms with E-state index in [0.717, 1.165) is 24.8 Å². The zero-order chi connectivity index (χ0) is 21.7. The summed E-state index contributed by atoms with van der Waals surface area (Å²) in [4.78, 5) is 25.3. The topological polar surface area (TPSA) is 67.4 Å². The summed E-state index contributed by atoms with van der Waals surface area (Å²) in [5.74, 6) is 0.603. The fourth-order valence-corrected chi connectivity index (χ4v) is 3.72. The van der Waals surface area contributed by atoms with Crippen molar-refractivity contribution in [3.63, 3.8) is 0 Å². The molecule has 0 aromatic heterocycles. The SMILES string of the molecule is COc1ccc(C(=O)Nc2ccc(C3(C(=O)NCCc4ccccc4)CC3)cc2)cc1. The average Bonchev–Trinajstić information content (AvgIpc) is 3.62. The Hall–Kier alpha value is -3.60. The number of benzene rings is 3. The molecule has 158 valence electrons. The number of hydrogen-bond acceptors (Lipinski definition) is 3. The van der Waals surface area contributed by atoms with Gasteiger partial charge in [-0.2, -0.15) is 0 Å². The fraction of sp³-hybridized carbons (Fsp3) is 0.231. The van der Waals surface area contributed by atoms with Crippen molar-refractivity contribution in [3.05, 3.63) is 95.6 Å². The van der Waals surface area contributed by atoms with Crippen molar-refractivity contribution in [2.75, 3.05) is 19.0 Å². The molecule has 0 saturated heterocycles. The number of carbonyl (C=O) groups is 2. The molecular weight excluding hydrogens is 388 g/mol. The Morgan fingerprint density at radius 3 is 2.19 bits per heavy atom. The third-order valence-corrected chi connectivity index (χ3v) is 5.77. The maximum absolute atomic E-state index is 12.8. The number of rotatable bonds is 8. The van der Waals surface area contributed by atoms with Gasteiger partial charge in [-0.25, -0.2) is 0 Å². The first-order valence-corrected chi connectivity index (χ1v) is 10.5. The molecule has 0 aliphatic heterocycles. The number of methoxy groups -OCH3 is 1. The van der Waals surface area contributed by atoms with Gasteiger partial charge in [-0.15, -0.1) is 0 Å². The van der Waals surface area contributed by atoms with Crippen LogP contribution >= 0.6 is 0 Å². The molecule has 1 aliphatic carbocycles. The highest BCUT2D eigenvalue weighted by atomic mass is 16.5. The van der Waals surface area contributed by atoms with Gasteiger partial charge >= 0.3 is 0 Å². The molecule has 3 aromatic carbocycles. The lowest BCUT2D eigenvalue weighted by molar-refractivity contribution is -0.123. The smallest absolute Gasteiger partial charge is 0.255 e. The number of ether oxygens (including phenoxy) is 1. The van der Waals surface area contributed by atoms with Crippen molar-refractivity contribution in [2.45, 2.75) is 24.7 Å². The molecule has 1 fully saturated rings. The lowest BCUT2D eigenvalue weighted by atomic mass is 9.94. The first-order valence-electron chi connectivity index (χ1n) is 10.5. The van der Waals surface area contributed by atoms with E-state index in [-0.39, 0.29) is 11.8 Å². The number of anilines is 1. The molecule has 2 amide bonds. The van der Waals surface area contributed by atoms with Crippen LogP contribution in [0.2, 0.25) is 0 Å². The second-order valence-electron chi connectivity index (χ2n) is 7.83. The maximum atomic E-state index is 12.8. The van der Waals surface area contributed by atoms with Crippen molar-refractivity contribution in [2.24, 2.45) is 0 Å². The molecule has 0 bridgehead atoms. The fourth-order valence-electron chi connectivity index (χ4n) is 3.72. The van der Waals surface area contributed by atoms with Gasteiger partial charge in [0.25, 0.3) is 5.91 Å². The molecule has 1 saturated carbocycles. The third kappa shape index (κ3) is 4.77. The minimum atomic E-state index is -0.435. The molecule has 5 heteroatoms. The first-order chi connectivity index (χ1) is 15.1. The van der Waals surface area contributed by atoms with Gasteiger partial charge in [0.2, 0.25) is 5.91 Å². The molecule has 0 atom stereocenters. The summed E-state index contributed by atoms with van der Waals surface area (Å²) in [5.41, 5.74) is 3.03. The van der Waals surface area contributed by atoms with E-state index in [1.807, 2.05) is 42.5 Å². The largest absolute Gasteiger partial charge is 0.497 e. The van der Waals surface area contributed by atoms with E-state index >= 15 is 0 Å². The van der Waals surface area contributed by atoms with Crippen LogP contribution in [-0.2, 0) is 16.6 Å². The Labute approximate surface area is 182 Å². The zero-order valence-corrected chi connectivity index (χ0v) is 17.6. The lowest BCUT2D eigenvalue weighted by Gasteiger charge is -2.16. The van der Waals surface area contributed by atoms with E-state index in [1.165, 1.54) is 5.56 Å². The van der Waals surface area contributed by atoms with Crippen LogP contribution in [0.25, 0.3) is 0 Å². The summed E-state index contributed by atoms with van der Waals surface area (Å²) < 4.78 is 5.12. The summed E-state index contributed by atoms with van der Waals surface area (Å²) in [6.45, 7) is 0.626. The number of carbonyl (C=O) groups excluding carboxylic acids is 2. The predicted molar refractivity (Wildman–Crippen MR) is 121 cm³/mol. The highest BCUT2D eigenvalue weighted by Crippen LogP contribution is 2.48. The summed E-state index contributed by atoms with van der Waals surface area (Å²) in [7, 11) is 1.59. The first kappa shape index (κ1) is 20.7. The van der Waals surface area contributed by atoms with Crippen LogP contribution in [0.4, 0.5) is 5.69 Å². The summed E-state index contributed by atoms with van der Waals surface area (Å²) in [5, 5.41) is 5.99. The quantitative estimate of drug-likeness (QED) is 0.576. The molecule has 0 unspecified atom stereocenters. The maximum Gasteiger partial charge on any atom is 0.255 e. The summed E-state index contributed by atoms with van der Waals surface area (Å²) in [6, 6.07) is 24.7. The molecular formula is C26H26N2O3. The lowest BCUT2D eigenvalue weighted by Crippen LogP contribution is -2.35. The van der Waals surface area contributed by atoms with Gasteiger partial charge in [0.1, 0.15) is 5.75 Å². The molecule has 0 radical (unpaired) electrons. The molecule has 0 spiro atoms. The minimum Gasteiger partial charge on any atom is -0.497 e. The standard InChI is InChI=1S/C26H26N2O3/c1-31-23-13-7-20(8-14-23)24(29)28-22-11-9-21(10-12-22)26(16-17-26)25(30)27-18-15-19-5-3-2-4-6-19/h2-14H,15-18H2,1H3,(H,27,30)(H,28,29). The third-order valence-electron chi connectivity index (χ3n) is 5.77. The van der Waals surface area contributed by atoms with E-state index in [2.05, 4.69) is 22.8 Å². The summed E-state index contributed by atoms with van der Waals surface area (Å²) in [6.07, 6.45) is 2.52. The Morgan fingerprint density at radius 1 is 0.903 bits per heavy atom. The molecule has 5 nitrogen and oxygen atoms in total. The number of nitrogens with one attached hydrogen (secondary N) is 2. The van der Waals surface area contributed by atoms with E-state index in [1.54, 1.807) is 31.4 Å². The van der Waals surface area contributed by atoms with E-state index in [4.69, 9.17) is 4.74 Å². The van der Waals surface area contributed by atoms with Crippen LogP contribution in [0.15, 0.2) is 78.9 Å². The Kier molecular flexibility index (Phi) is 6.03.